The number of hydrogen-bond acceptors (Lipinski definition) is 5. The maximum atomic E-state index is 13.0. The number of benzene rings is 3. The molecule has 0 aliphatic heterocycles. The summed E-state index contributed by atoms with van der Waals surface area (Å²) in [5.74, 6) is 1.72. The van der Waals surface area contributed by atoms with E-state index in [-0.39, 0.29) is 5.91 Å². The molecular formula is C25H24N2O4S. The van der Waals surface area contributed by atoms with Crippen LogP contribution in [-0.4, -0.2) is 30.8 Å². The van der Waals surface area contributed by atoms with Crippen molar-refractivity contribution in [2.45, 2.75) is 13.5 Å². The fourth-order valence-electron chi connectivity index (χ4n) is 3.31. The molecule has 1 aromatic heterocycles. The highest BCUT2D eigenvalue weighted by molar-refractivity contribution is 7.16. The molecule has 0 radical (unpaired) electrons. The minimum absolute atomic E-state index is 0.334. The number of para-hydroxylation sites is 2. The number of hydrogen-bond donors (Lipinski definition) is 0. The van der Waals surface area contributed by atoms with Crippen LogP contribution < -0.4 is 14.3 Å². The summed E-state index contributed by atoms with van der Waals surface area (Å²) in [6.45, 7) is 3.56. The number of carbonyl (C=O) groups is 1. The molecule has 0 spiro atoms. The zero-order valence-electron chi connectivity index (χ0n) is 18.0. The zero-order valence-corrected chi connectivity index (χ0v) is 18.8. The molecule has 0 N–H and O–H groups in total. The Labute approximate surface area is 190 Å². The SMILES string of the molecule is CCOc1cccc2sc(=NC(=O)c3cccc(Oc4ccccc4)c3)n(CCOC)c12. The van der Waals surface area contributed by atoms with Gasteiger partial charge in [-0.3, -0.25) is 4.79 Å². The van der Waals surface area contributed by atoms with Crippen molar-refractivity contribution in [1.82, 2.24) is 4.57 Å². The Morgan fingerprint density at radius 3 is 2.56 bits per heavy atom. The molecule has 0 saturated heterocycles. The van der Waals surface area contributed by atoms with E-state index in [2.05, 4.69) is 4.99 Å². The Kier molecular flexibility index (Phi) is 6.99. The highest BCUT2D eigenvalue weighted by Gasteiger charge is 2.14. The molecule has 0 aliphatic rings. The van der Waals surface area contributed by atoms with Crippen molar-refractivity contribution in [3.8, 4) is 17.2 Å². The Bertz CT molecular complexity index is 1280. The monoisotopic (exact) mass is 448 g/mol. The molecule has 0 unspecified atom stereocenters. The molecule has 0 atom stereocenters. The Hall–Kier alpha value is -3.42. The summed E-state index contributed by atoms with van der Waals surface area (Å²) in [5.41, 5.74) is 1.38. The van der Waals surface area contributed by atoms with Crippen LogP contribution in [0.1, 0.15) is 17.3 Å². The summed E-state index contributed by atoms with van der Waals surface area (Å²) >= 11 is 1.45. The van der Waals surface area contributed by atoms with Gasteiger partial charge in [-0.2, -0.15) is 4.99 Å². The highest BCUT2D eigenvalue weighted by Crippen LogP contribution is 2.28. The molecule has 4 aromatic rings. The van der Waals surface area contributed by atoms with Gasteiger partial charge in [-0.15, -0.1) is 0 Å². The molecule has 4 rings (SSSR count). The van der Waals surface area contributed by atoms with E-state index in [0.717, 1.165) is 16.0 Å². The first-order chi connectivity index (χ1) is 15.7. The van der Waals surface area contributed by atoms with Crippen LogP contribution in [0.25, 0.3) is 10.2 Å². The predicted molar refractivity (Wildman–Crippen MR) is 126 cm³/mol. The van der Waals surface area contributed by atoms with E-state index in [9.17, 15) is 4.79 Å². The van der Waals surface area contributed by atoms with E-state index in [1.165, 1.54) is 11.3 Å². The molecule has 0 aliphatic carbocycles. The Morgan fingerprint density at radius 2 is 1.78 bits per heavy atom. The lowest BCUT2D eigenvalue weighted by molar-refractivity contribution is 0.0997. The molecule has 0 fully saturated rings. The molecule has 6 nitrogen and oxygen atoms in total. The zero-order chi connectivity index (χ0) is 22.3. The fourth-order valence-corrected chi connectivity index (χ4v) is 4.39. The topological polar surface area (TPSA) is 62.0 Å². The van der Waals surface area contributed by atoms with E-state index < -0.39 is 0 Å². The largest absolute Gasteiger partial charge is 0.492 e. The van der Waals surface area contributed by atoms with Crippen LogP contribution in [-0.2, 0) is 11.3 Å². The number of rotatable bonds is 8. The van der Waals surface area contributed by atoms with Gasteiger partial charge in [0.25, 0.3) is 5.91 Å². The van der Waals surface area contributed by atoms with Gasteiger partial charge >= 0.3 is 0 Å². The second kappa shape index (κ2) is 10.3. The Morgan fingerprint density at radius 1 is 1.00 bits per heavy atom. The first-order valence-electron chi connectivity index (χ1n) is 10.4. The quantitative estimate of drug-likeness (QED) is 0.368. The summed E-state index contributed by atoms with van der Waals surface area (Å²) in [6.07, 6.45) is 0. The van der Waals surface area contributed by atoms with Gasteiger partial charge in [-0.1, -0.05) is 41.7 Å². The third-order valence-electron chi connectivity index (χ3n) is 4.74. The lowest BCUT2D eigenvalue weighted by atomic mass is 10.2. The molecule has 0 bridgehead atoms. The van der Waals surface area contributed by atoms with Gasteiger partial charge in [0.05, 0.1) is 17.9 Å². The second-order valence-electron chi connectivity index (χ2n) is 6.92. The van der Waals surface area contributed by atoms with Crippen LogP contribution in [0, 0.1) is 0 Å². The summed E-state index contributed by atoms with van der Waals surface area (Å²) in [6, 6.07) is 22.4. The van der Waals surface area contributed by atoms with Gasteiger partial charge in [-0.05, 0) is 49.4 Å². The van der Waals surface area contributed by atoms with Gasteiger partial charge in [0.1, 0.15) is 22.8 Å². The molecule has 3 aromatic carbocycles. The van der Waals surface area contributed by atoms with Gasteiger partial charge in [0.2, 0.25) is 0 Å². The van der Waals surface area contributed by atoms with Crippen molar-refractivity contribution in [2.75, 3.05) is 20.3 Å². The van der Waals surface area contributed by atoms with Gasteiger partial charge in [0, 0.05) is 19.2 Å². The van der Waals surface area contributed by atoms with Crippen molar-refractivity contribution < 1.29 is 19.0 Å². The minimum atomic E-state index is -0.334. The Balaban J connectivity index is 1.71. The number of aromatic nitrogens is 1. The number of methoxy groups -OCH3 is 1. The van der Waals surface area contributed by atoms with Crippen LogP contribution >= 0.6 is 11.3 Å². The maximum absolute atomic E-state index is 13.0. The number of nitrogens with zero attached hydrogens (tertiary/aromatic N) is 2. The number of ether oxygens (including phenoxy) is 3. The summed E-state index contributed by atoms with van der Waals surface area (Å²) in [5, 5.41) is 0. The standard InChI is InChI=1S/C25H24N2O4S/c1-3-30-21-13-8-14-22-23(21)27(15-16-29-2)25(32-22)26-24(28)18-9-7-12-20(17-18)31-19-10-5-4-6-11-19/h4-14,17H,3,15-16H2,1-2H3. The molecule has 1 heterocycles. The molecule has 32 heavy (non-hydrogen) atoms. The van der Waals surface area contributed by atoms with Crippen molar-refractivity contribution in [2.24, 2.45) is 4.99 Å². The highest BCUT2D eigenvalue weighted by atomic mass is 32.1. The summed E-state index contributed by atoms with van der Waals surface area (Å²) in [4.78, 5) is 18.1. The van der Waals surface area contributed by atoms with E-state index in [4.69, 9.17) is 14.2 Å². The number of thiazole rings is 1. The third kappa shape index (κ3) is 4.90. The molecule has 164 valence electrons. The van der Waals surface area contributed by atoms with E-state index in [1.54, 1.807) is 25.3 Å². The smallest absolute Gasteiger partial charge is 0.279 e. The lowest BCUT2D eigenvalue weighted by Crippen LogP contribution is -2.19. The van der Waals surface area contributed by atoms with Crippen LogP contribution in [0.5, 0.6) is 17.2 Å². The number of fused-ring (bicyclic) bond motifs is 1. The van der Waals surface area contributed by atoms with E-state index in [1.807, 2.05) is 66.1 Å². The van der Waals surface area contributed by atoms with Crippen LogP contribution in [0.4, 0.5) is 0 Å². The minimum Gasteiger partial charge on any atom is -0.492 e. The van der Waals surface area contributed by atoms with Gasteiger partial charge in [0.15, 0.2) is 4.80 Å². The normalized spacial score (nSPS) is 11.6. The van der Waals surface area contributed by atoms with Crippen molar-refractivity contribution in [3.05, 3.63) is 83.2 Å². The van der Waals surface area contributed by atoms with Crippen LogP contribution in [0.2, 0.25) is 0 Å². The first-order valence-corrected chi connectivity index (χ1v) is 11.2. The fraction of sp³-hybridized carbons (Fsp3) is 0.200. The third-order valence-corrected chi connectivity index (χ3v) is 5.78. The number of carbonyl (C=O) groups excluding carboxylic acids is 1. The average Bonchev–Trinajstić information content (AvgIpc) is 3.16. The molecule has 0 saturated carbocycles. The van der Waals surface area contributed by atoms with Gasteiger partial charge < -0.3 is 18.8 Å². The lowest BCUT2D eigenvalue weighted by Gasteiger charge is -2.09. The van der Waals surface area contributed by atoms with Crippen LogP contribution in [0.15, 0.2) is 77.8 Å². The molecule has 1 amide bonds. The van der Waals surface area contributed by atoms with Crippen molar-refractivity contribution in [3.63, 3.8) is 0 Å². The van der Waals surface area contributed by atoms with Crippen molar-refractivity contribution in [1.29, 1.82) is 0 Å². The second-order valence-corrected chi connectivity index (χ2v) is 7.93. The predicted octanol–water partition coefficient (Wildman–Crippen LogP) is 5.28. The molecular weight excluding hydrogens is 424 g/mol. The van der Waals surface area contributed by atoms with E-state index in [0.29, 0.717) is 41.6 Å². The van der Waals surface area contributed by atoms with Crippen molar-refractivity contribution >= 4 is 27.5 Å². The first kappa shape index (κ1) is 21.8. The summed E-state index contributed by atoms with van der Waals surface area (Å²) < 4.78 is 19.9. The summed E-state index contributed by atoms with van der Waals surface area (Å²) in [7, 11) is 1.65. The van der Waals surface area contributed by atoms with Crippen LogP contribution in [0.3, 0.4) is 0 Å². The molecule has 7 heteroatoms. The van der Waals surface area contributed by atoms with Gasteiger partial charge in [-0.25, -0.2) is 0 Å². The number of amides is 1. The van der Waals surface area contributed by atoms with E-state index >= 15 is 0 Å². The maximum Gasteiger partial charge on any atom is 0.279 e. The average molecular weight is 449 g/mol.